The third kappa shape index (κ3) is 4.02. The first kappa shape index (κ1) is 18.3. The molecule has 0 unspecified atom stereocenters. The van der Waals surface area contributed by atoms with Crippen LogP contribution >= 0.6 is 0 Å². The van der Waals surface area contributed by atoms with Crippen LogP contribution < -0.4 is 9.47 Å². The number of rotatable bonds is 5. The Bertz CT molecular complexity index is 948. The number of hydrogen-bond donors (Lipinski definition) is 1. The van der Waals surface area contributed by atoms with Crippen LogP contribution in [0.2, 0.25) is 0 Å². The van der Waals surface area contributed by atoms with Crippen LogP contribution in [0.25, 0.3) is 0 Å². The van der Waals surface area contributed by atoms with Crippen molar-refractivity contribution < 1.29 is 32.5 Å². The molecule has 0 bridgehead atoms. The SMILES string of the molecule is Cn1nc(C(F)(F)F)c(C=O)c1Oc1ccc(Oc2ccc(O)cc2)cc1. The Hall–Kier alpha value is -3.49. The maximum Gasteiger partial charge on any atom is 0.436 e. The third-order valence-corrected chi connectivity index (χ3v) is 3.53. The molecule has 9 heteroatoms. The number of aromatic hydroxyl groups is 1. The first-order valence-electron chi connectivity index (χ1n) is 7.62. The molecule has 0 saturated carbocycles. The fourth-order valence-electron chi connectivity index (χ4n) is 2.30. The van der Waals surface area contributed by atoms with Gasteiger partial charge in [-0.2, -0.15) is 18.3 Å². The molecule has 0 radical (unpaired) electrons. The highest BCUT2D eigenvalue weighted by Crippen LogP contribution is 2.36. The highest BCUT2D eigenvalue weighted by Gasteiger charge is 2.39. The number of carbonyl (C=O) groups excluding carboxylic acids is 1. The van der Waals surface area contributed by atoms with Crippen LogP contribution in [0.5, 0.6) is 28.9 Å². The number of phenolic OH excluding ortho intramolecular Hbond substituents is 1. The lowest BCUT2D eigenvalue weighted by molar-refractivity contribution is -0.141. The summed E-state index contributed by atoms with van der Waals surface area (Å²) in [6, 6.07) is 12.1. The summed E-state index contributed by atoms with van der Waals surface area (Å²) in [6.07, 6.45) is -4.70. The number of aldehydes is 1. The average molecular weight is 378 g/mol. The molecule has 2 aromatic carbocycles. The maximum atomic E-state index is 12.9. The van der Waals surface area contributed by atoms with Crippen molar-refractivity contribution in [3.63, 3.8) is 0 Å². The van der Waals surface area contributed by atoms with Crippen molar-refractivity contribution in [2.24, 2.45) is 7.05 Å². The molecular formula is C18H13F3N2O4. The number of halogens is 3. The Morgan fingerprint density at radius 2 is 1.44 bits per heavy atom. The van der Waals surface area contributed by atoms with E-state index in [4.69, 9.17) is 9.47 Å². The zero-order valence-electron chi connectivity index (χ0n) is 13.9. The normalized spacial score (nSPS) is 11.3. The van der Waals surface area contributed by atoms with E-state index in [0.29, 0.717) is 11.5 Å². The fraction of sp³-hybridized carbons (Fsp3) is 0.111. The minimum Gasteiger partial charge on any atom is -0.508 e. The molecule has 3 aromatic rings. The number of ether oxygens (including phenoxy) is 2. The summed E-state index contributed by atoms with van der Waals surface area (Å²) in [4.78, 5) is 11.1. The third-order valence-electron chi connectivity index (χ3n) is 3.53. The molecule has 0 aliphatic rings. The van der Waals surface area contributed by atoms with Crippen LogP contribution in [0.3, 0.4) is 0 Å². The zero-order valence-corrected chi connectivity index (χ0v) is 13.9. The van der Waals surface area contributed by atoms with E-state index in [9.17, 15) is 23.1 Å². The van der Waals surface area contributed by atoms with Gasteiger partial charge < -0.3 is 14.6 Å². The van der Waals surface area contributed by atoms with Crippen LogP contribution in [-0.2, 0) is 13.2 Å². The number of aryl methyl sites for hydroxylation is 1. The van der Waals surface area contributed by atoms with Crippen molar-refractivity contribution in [2.75, 3.05) is 0 Å². The largest absolute Gasteiger partial charge is 0.508 e. The fourth-order valence-corrected chi connectivity index (χ4v) is 2.30. The second-order valence-electron chi connectivity index (χ2n) is 5.48. The van der Waals surface area contributed by atoms with Crippen molar-refractivity contribution in [3.8, 4) is 28.9 Å². The van der Waals surface area contributed by atoms with Crippen LogP contribution in [-0.4, -0.2) is 21.2 Å². The van der Waals surface area contributed by atoms with E-state index >= 15 is 0 Å². The summed E-state index contributed by atoms with van der Waals surface area (Å²) in [5.41, 5.74) is -1.98. The maximum absolute atomic E-state index is 12.9. The summed E-state index contributed by atoms with van der Waals surface area (Å²) in [6.45, 7) is 0. The molecule has 3 rings (SSSR count). The number of alkyl halides is 3. The highest BCUT2D eigenvalue weighted by molar-refractivity contribution is 5.80. The smallest absolute Gasteiger partial charge is 0.436 e. The van der Waals surface area contributed by atoms with Crippen molar-refractivity contribution in [1.29, 1.82) is 0 Å². The van der Waals surface area contributed by atoms with Gasteiger partial charge in [-0.25, -0.2) is 4.68 Å². The van der Waals surface area contributed by atoms with Gasteiger partial charge in [-0.3, -0.25) is 4.79 Å². The van der Waals surface area contributed by atoms with Crippen molar-refractivity contribution in [2.45, 2.75) is 6.18 Å². The minimum absolute atomic E-state index is 0.0630. The molecule has 1 heterocycles. The van der Waals surface area contributed by atoms with Crippen molar-refractivity contribution in [1.82, 2.24) is 9.78 Å². The molecule has 1 N–H and O–H groups in total. The number of aromatic nitrogens is 2. The van der Waals surface area contributed by atoms with Gasteiger partial charge >= 0.3 is 6.18 Å². The second kappa shape index (κ2) is 7.02. The molecule has 140 valence electrons. The molecule has 0 aliphatic heterocycles. The number of phenols is 1. The van der Waals surface area contributed by atoms with E-state index in [0.717, 1.165) is 4.68 Å². The van der Waals surface area contributed by atoms with Gasteiger partial charge in [-0.1, -0.05) is 0 Å². The first-order chi connectivity index (χ1) is 12.8. The van der Waals surface area contributed by atoms with Gasteiger partial charge in [0.2, 0.25) is 5.88 Å². The Morgan fingerprint density at radius 3 is 1.93 bits per heavy atom. The lowest BCUT2D eigenvalue weighted by atomic mass is 10.2. The quantitative estimate of drug-likeness (QED) is 0.660. The number of hydrogen-bond acceptors (Lipinski definition) is 5. The molecule has 0 amide bonds. The zero-order chi connectivity index (χ0) is 19.6. The monoisotopic (exact) mass is 378 g/mol. The summed E-state index contributed by atoms with van der Waals surface area (Å²) >= 11 is 0. The molecule has 1 aromatic heterocycles. The van der Waals surface area contributed by atoms with Gasteiger partial charge in [0.05, 0.1) is 0 Å². The summed E-state index contributed by atoms with van der Waals surface area (Å²) in [5, 5.41) is 12.6. The van der Waals surface area contributed by atoms with Crippen LogP contribution in [0.15, 0.2) is 48.5 Å². The van der Waals surface area contributed by atoms with Gasteiger partial charge in [-0.05, 0) is 48.5 Å². The van der Waals surface area contributed by atoms with Crippen LogP contribution in [0.4, 0.5) is 13.2 Å². The average Bonchev–Trinajstić information content (AvgIpc) is 2.95. The lowest BCUT2D eigenvalue weighted by Crippen LogP contribution is -2.09. The van der Waals surface area contributed by atoms with E-state index < -0.39 is 17.4 Å². The standard InChI is InChI=1S/C18H13F3N2O4/c1-23-17(15(10-24)16(22-23)18(19,20)21)27-14-8-6-13(7-9-14)26-12-4-2-11(25)3-5-12/h2-10,25H,1H3. The molecule has 6 nitrogen and oxygen atoms in total. The van der Waals surface area contributed by atoms with Crippen molar-refractivity contribution >= 4 is 6.29 Å². The molecule has 0 spiro atoms. The Balaban J connectivity index is 1.80. The van der Waals surface area contributed by atoms with Gasteiger partial charge in [0.15, 0.2) is 12.0 Å². The summed E-state index contributed by atoms with van der Waals surface area (Å²) in [7, 11) is 1.25. The Kier molecular flexibility index (Phi) is 4.76. The van der Waals surface area contributed by atoms with Crippen molar-refractivity contribution in [3.05, 3.63) is 59.8 Å². The topological polar surface area (TPSA) is 73.6 Å². The molecular weight excluding hydrogens is 365 g/mol. The molecule has 0 aliphatic carbocycles. The Labute approximate surface area is 151 Å². The van der Waals surface area contributed by atoms with E-state index in [1.54, 1.807) is 24.3 Å². The van der Waals surface area contributed by atoms with Gasteiger partial charge in [0.25, 0.3) is 0 Å². The minimum atomic E-state index is -4.77. The highest BCUT2D eigenvalue weighted by atomic mass is 19.4. The number of benzene rings is 2. The van der Waals surface area contributed by atoms with E-state index in [-0.39, 0.29) is 23.7 Å². The predicted octanol–water partition coefficient (Wildman–Crippen LogP) is 4.54. The Morgan fingerprint density at radius 1 is 0.963 bits per heavy atom. The molecule has 0 saturated heterocycles. The van der Waals surface area contributed by atoms with Gasteiger partial charge in [-0.15, -0.1) is 0 Å². The van der Waals surface area contributed by atoms with E-state index in [1.807, 2.05) is 0 Å². The van der Waals surface area contributed by atoms with Gasteiger partial charge in [0.1, 0.15) is 28.6 Å². The predicted molar refractivity (Wildman–Crippen MR) is 88.3 cm³/mol. The van der Waals surface area contributed by atoms with E-state index in [2.05, 4.69) is 5.10 Å². The summed E-state index contributed by atoms with van der Waals surface area (Å²) in [5.74, 6) is 0.930. The first-order valence-corrected chi connectivity index (χ1v) is 7.62. The second-order valence-corrected chi connectivity index (χ2v) is 5.48. The number of nitrogens with zero attached hydrogens (tertiary/aromatic N) is 2. The van der Waals surface area contributed by atoms with Gasteiger partial charge in [0, 0.05) is 7.05 Å². The summed E-state index contributed by atoms with van der Waals surface area (Å²) < 4.78 is 50.6. The van der Waals surface area contributed by atoms with E-state index in [1.165, 1.54) is 31.3 Å². The lowest BCUT2D eigenvalue weighted by Gasteiger charge is -2.09. The van der Waals surface area contributed by atoms with Crippen LogP contribution in [0, 0.1) is 0 Å². The molecule has 0 fully saturated rings. The molecule has 0 atom stereocenters. The number of carbonyl (C=O) groups is 1. The van der Waals surface area contributed by atoms with Crippen LogP contribution in [0.1, 0.15) is 16.1 Å². The molecule has 27 heavy (non-hydrogen) atoms.